The molecule has 0 rings (SSSR count). The van der Waals surface area contributed by atoms with E-state index in [0.29, 0.717) is 19.3 Å². The zero-order valence-electron chi connectivity index (χ0n) is 36.0. The van der Waals surface area contributed by atoms with Crippen LogP contribution in [-0.4, -0.2) is 37.2 Å². The van der Waals surface area contributed by atoms with E-state index in [4.69, 9.17) is 14.2 Å². The number of unbranched alkanes of at least 4 members (excludes halogenated alkanes) is 13. The van der Waals surface area contributed by atoms with E-state index >= 15 is 0 Å². The molecule has 0 saturated carbocycles. The first-order valence-electron chi connectivity index (χ1n) is 22.2. The minimum Gasteiger partial charge on any atom is -0.462 e. The minimum atomic E-state index is -0.829. The van der Waals surface area contributed by atoms with E-state index in [1.807, 2.05) is 79.0 Å². The van der Waals surface area contributed by atoms with Gasteiger partial charge in [-0.05, 0) is 70.6 Å². The Bertz CT molecular complexity index is 1270. The van der Waals surface area contributed by atoms with Crippen LogP contribution in [-0.2, 0) is 28.6 Å². The maximum Gasteiger partial charge on any atom is 0.306 e. The summed E-state index contributed by atoms with van der Waals surface area (Å²) in [5.74, 6) is -1.05. The summed E-state index contributed by atoms with van der Waals surface area (Å²) in [5, 5.41) is 0. The second-order valence-electron chi connectivity index (χ2n) is 14.1. The Morgan fingerprint density at radius 1 is 0.368 bits per heavy atom. The summed E-state index contributed by atoms with van der Waals surface area (Å²) >= 11 is 0. The number of carbonyl (C=O) groups is 3. The van der Waals surface area contributed by atoms with Gasteiger partial charge >= 0.3 is 17.9 Å². The maximum atomic E-state index is 12.7. The molecule has 0 N–H and O–H groups in total. The van der Waals surface area contributed by atoms with Crippen LogP contribution in [0, 0.1) is 0 Å². The maximum absolute atomic E-state index is 12.7. The Hall–Kier alpha value is -4.19. The van der Waals surface area contributed by atoms with Crippen molar-refractivity contribution in [3.63, 3.8) is 0 Å². The number of hydrogen-bond acceptors (Lipinski definition) is 6. The first-order chi connectivity index (χ1) is 28.0. The van der Waals surface area contributed by atoms with E-state index in [2.05, 4.69) is 63.3 Å². The second-order valence-corrected chi connectivity index (χ2v) is 14.1. The molecule has 0 aromatic rings. The molecule has 0 bridgehead atoms. The third-order valence-electron chi connectivity index (χ3n) is 8.65. The van der Waals surface area contributed by atoms with Crippen molar-refractivity contribution in [1.29, 1.82) is 0 Å². The number of carbonyl (C=O) groups excluding carboxylic acids is 3. The topological polar surface area (TPSA) is 78.9 Å². The van der Waals surface area contributed by atoms with E-state index < -0.39 is 12.1 Å². The molecule has 0 spiro atoms. The van der Waals surface area contributed by atoms with Gasteiger partial charge in [0.05, 0.1) is 0 Å². The Morgan fingerprint density at radius 3 is 1.18 bits per heavy atom. The zero-order valence-corrected chi connectivity index (χ0v) is 36.0. The van der Waals surface area contributed by atoms with Gasteiger partial charge in [-0.1, -0.05) is 194 Å². The smallest absolute Gasteiger partial charge is 0.306 e. The molecular weight excluding hydrogens is 709 g/mol. The average molecular weight is 787 g/mol. The lowest BCUT2D eigenvalue weighted by molar-refractivity contribution is -0.167. The fraction of sp³-hybridized carbons (Fsp3) is 0.549. The summed E-state index contributed by atoms with van der Waals surface area (Å²) in [6.45, 7) is 6.18. The normalized spacial score (nSPS) is 13.2. The van der Waals surface area contributed by atoms with Crippen LogP contribution in [0.1, 0.15) is 162 Å². The van der Waals surface area contributed by atoms with Crippen LogP contribution in [0.3, 0.4) is 0 Å². The molecule has 6 nitrogen and oxygen atoms in total. The van der Waals surface area contributed by atoms with Gasteiger partial charge in [-0.15, -0.1) is 0 Å². The molecule has 318 valence electrons. The molecule has 0 aromatic heterocycles. The Labute approximate surface area is 348 Å². The van der Waals surface area contributed by atoms with Gasteiger partial charge in [0.2, 0.25) is 0 Å². The number of hydrogen-bond donors (Lipinski definition) is 0. The summed E-state index contributed by atoms with van der Waals surface area (Å²) in [7, 11) is 0. The highest BCUT2D eigenvalue weighted by Crippen LogP contribution is 2.12. The lowest BCUT2D eigenvalue weighted by atomic mass is 10.1. The summed E-state index contributed by atoms with van der Waals surface area (Å²) in [5.41, 5.74) is 0. The molecule has 0 amide bonds. The third kappa shape index (κ3) is 42.8. The van der Waals surface area contributed by atoms with Gasteiger partial charge in [0.1, 0.15) is 13.2 Å². The molecule has 0 aliphatic carbocycles. The predicted octanol–water partition coefficient (Wildman–Crippen LogP) is 14.2. The van der Waals surface area contributed by atoms with Gasteiger partial charge in [-0.3, -0.25) is 14.4 Å². The largest absolute Gasteiger partial charge is 0.462 e. The van der Waals surface area contributed by atoms with E-state index in [0.717, 1.165) is 89.9 Å². The van der Waals surface area contributed by atoms with Crippen LogP contribution in [0.2, 0.25) is 0 Å². The number of allylic oxidation sites excluding steroid dienone is 20. The first-order valence-corrected chi connectivity index (χ1v) is 22.2. The van der Waals surface area contributed by atoms with Crippen molar-refractivity contribution in [2.75, 3.05) is 13.2 Å². The highest BCUT2D eigenvalue weighted by Gasteiger charge is 2.19. The lowest BCUT2D eigenvalue weighted by Gasteiger charge is -2.18. The first kappa shape index (κ1) is 52.8. The second kappa shape index (κ2) is 44.5. The average Bonchev–Trinajstić information content (AvgIpc) is 3.21. The Kier molecular flexibility index (Phi) is 41.3. The minimum absolute atomic E-state index is 0.123. The molecular formula is C51H78O6. The SMILES string of the molecule is CC\C=C/C=C\C=C/C=C\C=C/CCCC(=O)OC(COC(=O)CCCCCCC\C=C/C=C\C=C/C=C\CC)COC(=O)CCCCCCC/C=C\CCCC. The monoisotopic (exact) mass is 787 g/mol. The van der Waals surface area contributed by atoms with Crippen LogP contribution >= 0.6 is 0 Å². The van der Waals surface area contributed by atoms with Crippen LogP contribution in [0.4, 0.5) is 0 Å². The standard InChI is InChI=1S/C51H78O6/c1-4-7-10-13-16-19-22-24-25-27-29-32-35-38-41-44-50(53)56-47-48(46-55-49(52)43-40-37-34-31-28-21-18-15-12-9-6-3)57-51(54)45-42-39-36-33-30-26-23-20-17-14-11-8-5-2/h7-8,10-11,13-20,22-26,30,33,36,48H,4-6,9,12,21,27-29,31-32,34-35,37-47H2,1-3H3/b10-7-,11-8-,16-13-,17-14-,18-15-,22-19-,23-20-,25-24-,30-26-,36-33-. The van der Waals surface area contributed by atoms with Crippen LogP contribution < -0.4 is 0 Å². The van der Waals surface area contributed by atoms with Crippen molar-refractivity contribution in [1.82, 2.24) is 0 Å². The molecule has 57 heavy (non-hydrogen) atoms. The molecule has 1 atom stereocenters. The van der Waals surface area contributed by atoms with E-state index in [9.17, 15) is 14.4 Å². The quantitative estimate of drug-likeness (QED) is 0.0205. The molecule has 0 aromatic carbocycles. The summed E-state index contributed by atoms with van der Waals surface area (Å²) in [4.78, 5) is 37.7. The third-order valence-corrected chi connectivity index (χ3v) is 8.65. The molecule has 0 aliphatic rings. The van der Waals surface area contributed by atoms with Crippen molar-refractivity contribution in [2.24, 2.45) is 0 Å². The molecule has 0 heterocycles. The van der Waals surface area contributed by atoms with Gasteiger partial charge < -0.3 is 14.2 Å². The highest BCUT2D eigenvalue weighted by molar-refractivity contribution is 5.71. The highest BCUT2D eigenvalue weighted by atomic mass is 16.6. The van der Waals surface area contributed by atoms with Crippen LogP contribution in [0.25, 0.3) is 0 Å². The van der Waals surface area contributed by atoms with Gasteiger partial charge in [-0.2, -0.15) is 0 Å². The van der Waals surface area contributed by atoms with Crippen molar-refractivity contribution in [3.8, 4) is 0 Å². The number of rotatable bonds is 37. The van der Waals surface area contributed by atoms with Crippen molar-refractivity contribution in [2.45, 2.75) is 168 Å². The summed E-state index contributed by atoms with van der Waals surface area (Å²) in [6, 6.07) is 0. The van der Waals surface area contributed by atoms with E-state index in [-0.39, 0.29) is 31.6 Å². The van der Waals surface area contributed by atoms with Crippen LogP contribution in [0.5, 0.6) is 0 Å². The Morgan fingerprint density at radius 2 is 0.719 bits per heavy atom. The number of ether oxygens (including phenoxy) is 3. The molecule has 6 heteroatoms. The van der Waals surface area contributed by atoms with Crippen molar-refractivity contribution >= 4 is 17.9 Å². The summed E-state index contributed by atoms with van der Waals surface area (Å²) < 4.78 is 16.6. The molecule has 0 fully saturated rings. The van der Waals surface area contributed by atoms with E-state index in [1.54, 1.807) is 0 Å². The van der Waals surface area contributed by atoms with Crippen molar-refractivity contribution in [3.05, 3.63) is 122 Å². The lowest BCUT2D eigenvalue weighted by Crippen LogP contribution is -2.30. The Balaban J connectivity index is 4.58. The predicted molar refractivity (Wildman–Crippen MR) is 242 cm³/mol. The van der Waals surface area contributed by atoms with Crippen LogP contribution in [0.15, 0.2) is 122 Å². The zero-order chi connectivity index (χ0) is 41.5. The van der Waals surface area contributed by atoms with E-state index in [1.165, 1.54) is 25.7 Å². The number of esters is 3. The molecule has 1 unspecified atom stereocenters. The molecule has 0 saturated heterocycles. The van der Waals surface area contributed by atoms with Crippen molar-refractivity contribution < 1.29 is 28.6 Å². The summed E-state index contributed by atoms with van der Waals surface area (Å²) in [6.07, 6.45) is 60.4. The fourth-order valence-corrected chi connectivity index (χ4v) is 5.34. The fourth-order valence-electron chi connectivity index (χ4n) is 5.34. The molecule has 0 aliphatic heterocycles. The van der Waals surface area contributed by atoms with Gasteiger partial charge in [0.25, 0.3) is 0 Å². The van der Waals surface area contributed by atoms with Gasteiger partial charge in [0.15, 0.2) is 6.10 Å². The van der Waals surface area contributed by atoms with Gasteiger partial charge in [0, 0.05) is 19.3 Å². The van der Waals surface area contributed by atoms with Gasteiger partial charge in [-0.25, -0.2) is 0 Å². The molecule has 0 radical (unpaired) electrons.